The van der Waals surface area contributed by atoms with Crippen molar-refractivity contribution in [1.29, 1.82) is 0 Å². The zero-order valence-electron chi connectivity index (χ0n) is 48.4. The molecule has 0 amide bonds. The number of rotatable bonds is 57. The quantitative estimate of drug-likeness (QED) is 0.0323. The second kappa shape index (κ2) is 48.0. The van der Waals surface area contributed by atoms with Crippen molar-refractivity contribution in [2.75, 3.05) is 92.5 Å². The highest BCUT2D eigenvalue weighted by atomic mass is 16.8. The molecule has 0 aliphatic rings. The van der Waals surface area contributed by atoms with Crippen LogP contribution in [-0.2, 0) is 66.4 Å². The van der Waals surface area contributed by atoms with E-state index in [9.17, 15) is 9.59 Å². The molecule has 0 N–H and O–H groups in total. The van der Waals surface area contributed by atoms with Crippen molar-refractivity contribution in [2.45, 2.75) is 272 Å². The van der Waals surface area contributed by atoms with Crippen LogP contribution in [0.5, 0.6) is 0 Å². The van der Waals surface area contributed by atoms with Gasteiger partial charge in [-0.25, -0.2) is 0 Å². The molecule has 14 heteroatoms. The number of ether oxygens (including phenoxy) is 12. The Kier molecular flexibility index (Phi) is 47.0. The molecule has 0 unspecified atom stereocenters. The van der Waals surface area contributed by atoms with Crippen LogP contribution in [0.2, 0.25) is 0 Å². The molecule has 0 radical (unpaired) electrons. The average molecular weight is 1040 g/mol. The number of hydrogen-bond donors (Lipinski definition) is 0. The van der Waals surface area contributed by atoms with Crippen LogP contribution in [0, 0.1) is 0 Å². The molecule has 0 heterocycles. The molecule has 0 fully saturated rings. The summed E-state index contributed by atoms with van der Waals surface area (Å²) in [5.74, 6) is -6.40. The predicted octanol–water partition coefficient (Wildman–Crippen LogP) is 14.1. The molecule has 0 bridgehead atoms. The molecule has 0 saturated carbocycles. The van der Waals surface area contributed by atoms with E-state index in [1.54, 1.807) is 0 Å². The molecule has 0 spiro atoms. The molecular weight excluding hydrogens is 921 g/mol. The van der Waals surface area contributed by atoms with Gasteiger partial charge in [-0.2, -0.15) is 0 Å². The lowest BCUT2D eigenvalue weighted by molar-refractivity contribution is -0.337. The third-order valence-electron chi connectivity index (χ3n) is 12.5. The van der Waals surface area contributed by atoms with E-state index in [0.29, 0.717) is 66.1 Å². The van der Waals surface area contributed by atoms with Crippen LogP contribution in [0.15, 0.2) is 0 Å². The van der Waals surface area contributed by atoms with Gasteiger partial charge in [-0.05, 0) is 65.2 Å². The highest BCUT2D eigenvalue weighted by Gasteiger charge is 2.48. The van der Waals surface area contributed by atoms with Crippen LogP contribution in [0.3, 0.4) is 0 Å². The third-order valence-corrected chi connectivity index (χ3v) is 12.5. The molecule has 0 aromatic carbocycles. The fourth-order valence-electron chi connectivity index (χ4n) is 8.06. The molecule has 72 heavy (non-hydrogen) atoms. The maximum absolute atomic E-state index is 13.8. The van der Waals surface area contributed by atoms with Gasteiger partial charge in [-0.1, -0.05) is 158 Å². The van der Waals surface area contributed by atoms with E-state index in [1.165, 1.54) is 0 Å². The maximum atomic E-state index is 13.8. The van der Waals surface area contributed by atoms with E-state index in [0.717, 1.165) is 154 Å². The largest absolute Gasteiger partial charge is 0.460 e. The van der Waals surface area contributed by atoms with Crippen LogP contribution < -0.4 is 0 Å². The molecular formula is C58H114O14. The first-order chi connectivity index (χ1) is 35.0. The Morgan fingerprint density at radius 1 is 0.278 bits per heavy atom. The fraction of sp³-hybridized carbons (Fsp3) is 0.966. The summed E-state index contributed by atoms with van der Waals surface area (Å²) in [6.07, 6.45) is 22.7. The van der Waals surface area contributed by atoms with E-state index < -0.39 is 35.1 Å². The summed E-state index contributed by atoms with van der Waals surface area (Å²) in [5, 5.41) is 0. The van der Waals surface area contributed by atoms with Crippen LogP contribution in [0.1, 0.15) is 249 Å². The molecule has 430 valence electrons. The first kappa shape index (κ1) is 70.5. The van der Waals surface area contributed by atoms with Gasteiger partial charge in [0.25, 0.3) is 0 Å². The zero-order chi connectivity index (χ0) is 53.3. The predicted molar refractivity (Wildman–Crippen MR) is 288 cm³/mol. The summed E-state index contributed by atoms with van der Waals surface area (Å²) in [4.78, 5) is 27.7. The highest BCUT2D eigenvalue weighted by molar-refractivity contribution is 5.77. The minimum atomic E-state index is -1.40. The molecule has 0 rings (SSSR count). The normalized spacial score (nSPS) is 12.5. The van der Waals surface area contributed by atoms with Gasteiger partial charge in [0, 0.05) is 13.2 Å². The smallest absolute Gasteiger partial charge is 0.306 e. The van der Waals surface area contributed by atoms with Gasteiger partial charge in [0.1, 0.15) is 26.4 Å². The van der Waals surface area contributed by atoms with E-state index in [4.69, 9.17) is 56.8 Å². The summed E-state index contributed by atoms with van der Waals surface area (Å²) in [7, 11) is 0. The third kappa shape index (κ3) is 35.7. The Hall–Kier alpha value is -1.46. The van der Waals surface area contributed by atoms with Gasteiger partial charge in [0.2, 0.25) is 11.6 Å². The number of esters is 2. The topological polar surface area (TPSA) is 145 Å². The zero-order valence-corrected chi connectivity index (χ0v) is 48.4. The molecule has 0 aromatic rings. The second-order valence-electron chi connectivity index (χ2n) is 19.5. The molecule has 0 saturated heterocycles. The molecule has 14 nitrogen and oxygen atoms in total. The van der Waals surface area contributed by atoms with Gasteiger partial charge in [0.15, 0.2) is 11.6 Å². The Balaban J connectivity index is 6.87. The van der Waals surface area contributed by atoms with Crippen LogP contribution in [0.4, 0.5) is 0 Å². The standard InChI is InChI=1S/C58H114O14/c1-11-21-29-39-65-55(49-61-19-9,66-40-30-22-12-2)47-57(69-43-33-25-15-5,70-44-34-26-16-6)51-63-53(59)37-38-54(60)64-52-58(71-45-35-27-17-7,72-46-36-28-18-8)48-56(50-62-20-10,67-41-31-23-13-3)68-42-32-24-14-4/h11-52H2,1-10H3. The Labute approximate surface area is 441 Å². The SMILES string of the molecule is CCCCCOC(COCC)(CC(COC(=O)CCC(=O)OCC(CC(COCC)(OCCCCC)OCCCCC)(OCCCCC)OCCCCC)(OCCCCC)OCCCCC)OCCCCC. The molecule has 0 aromatic heterocycles. The van der Waals surface area contributed by atoms with Gasteiger partial charge in [0.05, 0.1) is 78.5 Å². The van der Waals surface area contributed by atoms with Crippen molar-refractivity contribution >= 4 is 11.9 Å². The number of unbranched alkanes of at least 4 members (excludes halogenated alkanes) is 16. The van der Waals surface area contributed by atoms with E-state index >= 15 is 0 Å². The van der Waals surface area contributed by atoms with Crippen molar-refractivity contribution in [3.05, 3.63) is 0 Å². The van der Waals surface area contributed by atoms with E-state index in [-0.39, 0.29) is 52.1 Å². The maximum Gasteiger partial charge on any atom is 0.306 e. The first-order valence-electron chi connectivity index (χ1n) is 29.6. The fourth-order valence-corrected chi connectivity index (χ4v) is 8.06. The molecule has 0 aliphatic heterocycles. The molecule has 0 atom stereocenters. The van der Waals surface area contributed by atoms with Crippen molar-refractivity contribution in [2.24, 2.45) is 0 Å². The van der Waals surface area contributed by atoms with Crippen molar-refractivity contribution in [3.63, 3.8) is 0 Å². The number of carbonyl (C=O) groups excluding carboxylic acids is 2. The van der Waals surface area contributed by atoms with Crippen molar-refractivity contribution in [1.82, 2.24) is 0 Å². The van der Waals surface area contributed by atoms with Gasteiger partial charge >= 0.3 is 11.9 Å². The summed E-state index contributed by atoms with van der Waals surface area (Å²) in [5.41, 5.74) is 0. The lowest BCUT2D eigenvalue weighted by Gasteiger charge is -2.42. The monoisotopic (exact) mass is 1030 g/mol. The Morgan fingerprint density at radius 3 is 0.653 bits per heavy atom. The summed E-state index contributed by atoms with van der Waals surface area (Å²) in [6.45, 7) is 25.4. The van der Waals surface area contributed by atoms with Crippen LogP contribution >= 0.6 is 0 Å². The second-order valence-corrected chi connectivity index (χ2v) is 19.5. The summed E-state index contributed by atoms with van der Waals surface area (Å²) < 4.78 is 78.0. The highest BCUT2D eigenvalue weighted by Crippen LogP contribution is 2.35. The minimum absolute atomic E-state index is 0.125. The summed E-state index contributed by atoms with van der Waals surface area (Å²) >= 11 is 0. The average Bonchev–Trinajstić information content (AvgIpc) is 3.38. The number of hydrogen-bond acceptors (Lipinski definition) is 14. The lowest BCUT2D eigenvalue weighted by Crippen LogP contribution is -2.54. The number of carbonyl (C=O) groups is 2. The van der Waals surface area contributed by atoms with Gasteiger partial charge in [-0.3, -0.25) is 9.59 Å². The van der Waals surface area contributed by atoms with Crippen LogP contribution in [-0.4, -0.2) is 128 Å². The Morgan fingerprint density at radius 2 is 0.472 bits per heavy atom. The van der Waals surface area contributed by atoms with Crippen molar-refractivity contribution < 1.29 is 66.4 Å². The van der Waals surface area contributed by atoms with E-state index in [1.807, 2.05) is 13.8 Å². The molecule has 0 aliphatic carbocycles. The van der Waals surface area contributed by atoms with Crippen molar-refractivity contribution in [3.8, 4) is 0 Å². The summed E-state index contributed by atoms with van der Waals surface area (Å²) in [6, 6.07) is 0. The van der Waals surface area contributed by atoms with Gasteiger partial charge < -0.3 is 56.8 Å². The van der Waals surface area contributed by atoms with Gasteiger partial charge in [-0.15, -0.1) is 0 Å². The minimum Gasteiger partial charge on any atom is -0.460 e. The van der Waals surface area contributed by atoms with E-state index in [2.05, 4.69) is 55.4 Å². The lowest BCUT2D eigenvalue weighted by atomic mass is 10.0. The van der Waals surface area contributed by atoms with Crippen LogP contribution in [0.25, 0.3) is 0 Å². The Bertz CT molecular complexity index is 1070. The first-order valence-corrected chi connectivity index (χ1v) is 29.6.